The lowest BCUT2D eigenvalue weighted by Gasteiger charge is -2.36. The van der Waals surface area contributed by atoms with Gasteiger partial charge in [-0.1, -0.05) is 13.8 Å². The van der Waals surface area contributed by atoms with Gasteiger partial charge in [-0.15, -0.1) is 0 Å². The van der Waals surface area contributed by atoms with Gasteiger partial charge in [0, 0.05) is 38.3 Å². The number of rotatable bonds is 4. The number of carbonyl (C=O) groups excluding carboxylic acids is 1. The molecule has 0 atom stereocenters. The maximum atomic E-state index is 12.0. The van der Waals surface area contributed by atoms with E-state index in [1.54, 1.807) is 6.20 Å². The molecule has 5 heteroatoms. The first-order chi connectivity index (χ1) is 10.1. The summed E-state index contributed by atoms with van der Waals surface area (Å²) in [4.78, 5) is 20.7. The molecule has 2 aliphatic rings. The number of carbonyl (C=O) groups is 1. The lowest BCUT2D eigenvalue weighted by atomic mass is 10.1. The highest BCUT2D eigenvalue weighted by Gasteiger charge is 2.28. The van der Waals surface area contributed by atoms with Gasteiger partial charge in [-0.05, 0) is 25.0 Å². The molecule has 1 amide bonds. The molecular weight excluding hydrogens is 266 g/mol. The van der Waals surface area contributed by atoms with Gasteiger partial charge in [0.05, 0.1) is 6.10 Å². The minimum Gasteiger partial charge on any atom is -0.487 e. The molecular formula is C16H23N3O2. The van der Waals surface area contributed by atoms with Gasteiger partial charge in [0.2, 0.25) is 5.91 Å². The molecule has 21 heavy (non-hydrogen) atoms. The van der Waals surface area contributed by atoms with E-state index in [4.69, 9.17) is 4.74 Å². The summed E-state index contributed by atoms with van der Waals surface area (Å²) in [5.74, 6) is 2.11. The fourth-order valence-electron chi connectivity index (χ4n) is 2.58. The van der Waals surface area contributed by atoms with E-state index in [9.17, 15) is 4.79 Å². The molecule has 1 saturated carbocycles. The topological polar surface area (TPSA) is 45.7 Å². The van der Waals surface area contributed by atoms with Gasteiger partial charge in [0.25, 0.3) is 0 Å². The van der Waals surface area contributed by atoms with Crippen LogP contribution in [0.5, 0.6) is 5.75 Å². The molecule has 0 aromatic carbocycles. The van der Waals surface area contributed by atoms with Crippen LogP contribution in [0, 0.1) is 5.92 Å². The average Bonchev–Trinajstić information content (AvgIpc) is 3.31. The van der Waals surface area contributed by atoms with E-state index in [0.717, 1.165) is 50.6 Å². The van der Waals surface area contributed by atoms with Crippen molar-refractivity contribution in [1.29, 1.82) is 0 Å². The van der Waals surface area contributed by atoms with Crippen LogP contribution < -0.4 is 9.64 Å². The predicted octanol–water partition coefficient (Wildman–Crippen LogP) is 1.93. The Hall–Kier alpha value is -1.78. The second-order valence-electron chi connectivity index (χ2n) is 6.11. The first kappa shape index (κ1) is 14.2. The van der Waals surface area contributed by atoms with Crippen molar-refractivity contribution in [3.63, 3.8) is 0 Å². The molecule has 5 nitrogen and oxygen atoms in total. The third kappa shape index (κ3) is 3.28. The molecule has 1 aliphatic heterocycles. The summed E-state index contributed by atoms with van der Waals surface area (Å²) >= 11 is 0. The maximum absolute atomic E-state index is 12.0. The standard InChI is InChI=1S/C16H23N3O2/c1-12(2)16(20)19-10-8-18(9-11-19)15-14(4-3-7-17-15)21-13-5-6-13/h3-4,7,12-13H,5-6,8-11H2,1-2H3. The largest absolute Gasteiger partial charge is 0.487 e. The zero-order valence-electron chi connectivity index (χ0n) is 12.8. The molecule has 0 spiro atoms. The van der Waals surface area contributed by atoms with E-state index in [1.165, 1.54) is 0 Å². The smallest absolute Gasteiger partial charge is 0.225 e. The Morgan fingerprint density at radius 3 is 2.62 bits per heavy atom. The highest BCUT2D eigenvalue weighted by molar-refractivity contribution is 5.78. The van der Waals surface area contributed by atoms with Gasteiger partial charge < -0.3 is 14.5 Å². The summed E-state index contributed by atoms with van der Waals surface area (Å²) in [5.41, 5.74) is 0. The fraction of sp³-hybridized carbons (Fsp3) is 0.625. The van der Waals surface area contributed by atoms with Crippen LogP contribution in [-0.4, -0.2) is 48.1 Å². The molecule has 0 radical (unpaired) electrons. The minimum absolute atomic E-state index is 0.0696. The van der Waals surface area contributed by atoms with Crippen molar-refractivity contribution in [3.8, 4) is 5.75 Å². The SMILES string of the molecule is CC(C)C(=O)N1CCN(c2ncccc2OC2CC2)CC1. The van der Waals surface area contributed by atoms with E-state index >= 15 is 0 Å². The number of amides is 1. The monoisotopic (exact) mass is 289 g/mol. The molecule has 1 aliphatic carbocycles. The zero-order valence-corrected chi connectivity index (χ0v) is 12.8. The first-order valence-corrected chi connectivity index (χ1v) is 7.80. The lowest BCUT2D eigenvalue weighted by molar-refractivity contribution is -0.134. The lowest BCUT2D eigenvalue weighted by Crippen LogP contribution is -2.50. The van der Waals surface area contributed by atoms with Crippen molar-refractivity contribution >= 4 is 11.7 Å². The van der Waals surface area contributed by atoms with Crippen LogP contribution in [-0.2, 0) is 4.79 Å². The van der Waals surface area contributed by atoms with Crippen molar-refractivity contribution in [2.75, 3.05) is 31.1 Å². The molecule has 0 unspecified atom stereocenters. The number of anilines is 1. The summed E-state index contributed by atoms with van der Waals surface area (Å²) in [6.45, 7) is 7.06. The molecule has 114 valence electrons. The number of ether oxygens (including phenoxy) is 1. The Morgan fingerprint density at radius 1 is 1.29 bits per heavy atom. The van der Waals surface area contributed by atoms with Gasteiger partial charge in [-0.3, -0.25) is 4.79 Å². The second-order valence-corrected chi connectivity index (χ2v) is 6.11. The summed E-state index contributed by atoms with van der Waals surface area (Å²) in [6, 6.07) is 3.91. The third-order valence-corrected chi connectivity index (χ3v) is 3.95. The fourth-order valence-corrected chi connectivity index (χ4v) is 2.58. The molecule has 3 rings (SSSR count). The van der Waals surface area contributed by atoms with E-state index < -0.39 is 0 Å². The second kappa shape index (κ2) is 5.92. The Labute approximate surface area is 125 Å². The van der Waals surface area contributed by atoms with Gasteiger partial charge in [0.15, 0.2) is 11.6 Å². The van der Waals surface area contributed by atoms with Crippen LogP contribution in [0.4, 0.5) is 5.82 Å². The normalized spacial score (nSPS) is 19.0. The van der Waals surface area contributed by atoms with E-state index in [0.29, 0.717) is 6.10 Å². The molecule has 0 N–H and O–H groups in total. The van der Waals surface area contributed by atoms with E-state index in [2.05, 4.69) is 9.88 Å². The van der Waals surface area contributed by atoms with Gasteiger partial charge in [-0.2, -0.15) is 0 Å². The molecule has 2 fully saturated rings. The number of hydrogen-bond acceptors (Lipinski definition) is 4. The van der Waals surface area contributed by atoms with Crippen LogP contribution in [0.25, 0.3) is 0 Å². The zero-order chi connectivity index (χ0) is 14.8. The highest BCUT2D eigenvalue weighted by atomic mass is 16.5. The molecule has 1 saturated heterocycles. The van der Waals surface area contributed by atoms with Crippen LogP contribution >= 0.6 is 0 Å². The van der Waals surface area contributed by atoms with Gasteiger partial charge in [0.1, 0.15) is 0 Å². The van der Waals surface area contributed by atoms with Crippen molar-refractivity contribution in [2.24, 2.45) is 5.92 Å². The number of aromatic nitrogens is 1. The Morgan fingerprint density at radius 2 is 2.00 bits per heavy atom. The quantitative estimate of drug-likeness (QED) is 0.849. The number of nitrogens with zero attached hydrogens (tertiary/aromatic N) is 3. The molecule has 1 aromatic rings. The number of hydrogen-bond donors (Lipinski definition) is 0. The van der Waals surface area contributed by atoms with E-state index in [1.807, 2.05) is 30.9 Å². The van der Waals surface area contributed by atoms with Gasteiger partial charge >= 0.3 is 0 Å². The molecule has 2 heterocycles. The minimum atomic E-state index is 0.0696. The Kier molecular flexibility index (Phi) is 3.99. The number of pyridine rings is 1. The summed E-state index contributed by atoms with van der Waals surface area (Å²) in [6.07, 6.45) is 4.47. The highest BCUT2D eigenvalue weighted by Crippen LogP contribution is 2.32. The summed E-state index contributed by atoms with van der Waals surface area (Å²) < 4.78 is 5.94. The third-order valence-electron chi connectivity index (χ3n) is 3.95. The van der Waals surface area contributed by atoms with Crippen LogP contribution in [0.3, 0.4) is 0 Å². The van der Waals surface area contributed by atoms with Crippen LogP contribution in [0.2, 0.25) is 0 Å². The predicted molar refractivity (Wildman–Crippen MR) is 81.5 cm³/mol. The van der Waals surface area contributed by atoms with Crippen molar-refractivity contribution in [1.82, 2.24) is 9.88 Å². The van der Waals surface area contributed by atoms with Crippen molar-refractivity contribution in [2.45, 2.75) is 32.8 Å². The van der Waals surface area contributed by atoms with Crippen molar-refractivity contribution < 1.29 is 9.53 Å². The van der Waals surface area contributed by atoms with Crippen molar-refractivity contribution in [3.05, 3.63) is 18.3 Å². The Balaban J connectivity index is 1.65. The average molecular weight is 289 g/mol. The summed E-state index contributed by atoms with van der Waals surface area (Å²) in [5, 5.41) is 0. The van der Waals surface area contributed by atoms with Crippen LogP contribution in [0.1, 0.15) is 26.7 Å². The maximum Gasteiger partial charge on any atom is 0.225 e. The Bertz CT molecular complexity index is 506. The van der Waals surface area contributed by atoms with Gasteiger partial charge in [-0.25, -0.2) is 4.98 Å². The molecule has 1 aromatic heterocycles. The first-order valence-electron chi connectivity index (χ1n) is 7.80. The van der Waals surface area contributed by atoms with E-state index in [-0.39, 0.29) is 11.8 Å². The molecule has 0 bridgehead atoms. The summed E-state index contributed by atoms with van der Waals surface area (Å²) in [7, 11) is 0. The van der Waals surface area contributed by atoms with Crippen LogP contribution in [0.15, 0.2) is 18.3 Å². The number of piperazine rings is 1.